The fraction of sp³-hybridized carbons (Fsp3) is 0.286. The molecule has 0 aliphatic rings. The van der Waals surface area contributed by atoms with Crippen LogP contribution < -0.4 is 9.47 Å². The van der Waals surface area contributed by atoms with E-state index in [1.165, 1.54) is 0 Å². The highest BCUT2D eigenvalue weighted by atomic mass is 79.9. The predicted octanol–water partition coefficient (Wildman–Crippen LogP) is 2.68. The van der Waals surface area contributed by atoms with Crippen LogP contribution in [0.5, 0.6) is 11.6 Å². The lowest BCUT2D eigenvalue weighted by Crippen LogP contribution is -2.18. The highest BCUT2D eigenvalue weighted by Gasteiger charge is 2.33. The second kappa shape index (κ2) is 5.10. The first kappa shape index (κ1) is 15.3. The zero-order valence-corrected chi connectivity index (χ0v) is 11.6. The van der Waals surface area contributed by atoms with Crippen molar-refractivity contribution in [3.63, 3.8) is 0 Å². The fourth-order valence-electron chi connectivity index (χ4n) is 0.980. The molecule has 0 unspecified atom stereocenters. The molecule has 1 heterocycles. The molecule has 5 nitrogen and oxygen atoms in total. The van der Waals surface area contributed by atoms with Gasteiger partial charge in [-0.3, -0.25) is 0 Å². The van der Waals surface area contributed by atoms with Crippen molar-refractivity contribution in [3.8, 4) is 11.6 Å². The van der Waals surface area contributed by atoms with Crippen molar-refractivity contribution in [3.05, 3.63) is 10.5 Å². The number of aromatic nitrogens is 1. The summed E-state index contributed by atoms with van der Waals surface area (Å²) in [6.07, 6.45) is -5.01. The molecule has 0 saturated carbocycles. The van der Waals surface area contributed by atoms with Crippen molar-refractivity contribution in [1.82, 2.24) is 4.98 Å². The lowest BCUT2D eigenvalue weighted by molar-refractivity contribution is -0.276. The normalized spacial score (nSPS) is 12.3. The van der Waals surface area contributed by atoms with Gasteiger partial charge in [0.2, 0.25) is 10.9 Å². The SMILES string of the molecule is COc1c(Br)cc(OC(F)(F)F)nc1S(=O)(=O)Cl. The summed E-state index contributed by atoms with van der Waals surface area (Å²) in [6, 6.07) is 0.803. The smallest absolute Gasteiger partial charge is 0.492 e. The number of halogens is 5. The average molecular weight is 371 g/mol. The zero-order chi connectivity index (χ0) is 14.1. The van der Waals surface area contributed by atoms with Crippen LogP contribution in [-0.4, -0.2) is 26.9 Å². The molecule has 0 spiro atoms. The first-order chi connectivity index (χ1) is 8.04. The van der Waals surface area contributed by atoms with Crippen molar-refractivity contribution in [2.45, 2.75) is 11.4 Å². The molecule has 1 rings (SSSR count). The van der Waals surface area contributed by atoms with Crippen molar-refractivity contribution in [2.75, 3.05) is 7.11 Å². The van der Waals surface area contributed by atoms with E-state index < -0.39 is 26.3 Å². The summed E-state index contributed by atoms with van der Waals surface area (Å²) < 4.78 is 66.4. The monoisotopic (exact) mass is 369 g/mol. The van der Waals surface area contributed by atoms with Crippen LogP contribution in [0.15, 0.2) is 15.6 Å². The summed E-state index contributed by atoms with van der Waals surface area (Å²) in [5.74, 6) is -1.30. The Morgan fingerprint density at radius 1 is 1.44 bits per heavy atom. The van der Waals surface area contributed by atoms with Gasteiger partial charge in [-0.15, -0.1) is 13.2 Å². The minimum absolute atomic E-state index is 0.0986. The summed E-state index contributed by atoms with van der Waals surface area (Å²) in [5.41, 5.74) is 0. The number of nitrogens with zero attached hydrogens (tertiary/aromatic N) is 1. The molecule has 0 aliphatic carbocycles. The van der Waals surface area contributed by atoms with Crippen molar-refractivity contribution >= 4 is 35.7 Å². The molecule has 0 fully saturated rings. The third-order valence-corrected chi connectivity index (χ3v) is 3.29. The summed E-state index contributed by atoms with van der Waals surface area (Å²) in [5, 5.41) is -0.875. The minimum atomic E-state index is -5.01. The Hall–Kier alpha value is -0.740. The molecule has 0 aromatic carbocycles. The first-order valence-corrected chi connectivity index (χ1v) is 7.10. The first-order valence-electron chi connectivity index (χ1n) is 3.99. The maximum atomic E-state index is 12.0. The van der Waals surface area contributed by atoms with Crippen LogP contribution in [0.3, 0.4) is 0 Å². The molecule has 1 aromatic heterocycles. The Balaban J connectivity index is 3.41. The Labute approximate surface area is 112 Å². The molecule has 11 heteroatoms. The maximum Gasteiger partial charge on any atom is 0.574 e. The molecule has 0 aliphatic heterocycles. The Morgan fingerprint density at radius 2 is 2.00 bits per heavy atom. The van der Waals surface area contributed by atoms with E-state index in [2.05, 4.69) is 30.4 Å². The van der Waals surface area contributed by atoms with E-state index >= 15 is 0 Å². The van der Waals surface area contributed by atoms with Crippen LogP contribution in [-0.2, 0) is 9.05 Å². The Kier molecular flexibility index (Phi) is 4.34. The fourth-order valence-corrected chi connectivity index (χ4v) is 2.58. The molecule has 0 bridgehead atoms. The molecule has 102 valence electrons. The lowest BCUT2D eigenvalue weighted by atomic mass is 10.4. The van der Waals surface area contributed by atoms with E-state index in [0.29, 0.717) is 0 Å². The van der Waals surface area contributed by atoms with E-state index in [9.17, 15) is 21.6 Å². The average Bonchev–Trinajstić information content (AvgIpc) is 2.12. The molecule has 18 heavy (non-hydrogen) atoms. The minimum Gasteiger partial charge on any atom is -0.492 e. The molecular weight excluding hydrogens is 366 g/mol. The standard InChI is InChI=1S/C7H4BrClF3NO4S/c1-16-5-3(8)2-4(17-7(10,11)12)13-6(5)18(9,14)15/h2H,1H3. The van der Waals surface area contributed by atoms with Crippen LogP contribution >= 0.6 is 26.6 Å². The predicted molar refractivity (Wildman–Crippen MR) is 58.2 cm³/mol. The highest BCUT2D eigenvalue weighted by Crippen LogP contribution is 2.36. The summed E-state index contributed by atoms with van der Waals surface area (Å²) in [6.45, 7) is 0. The van der Waals surface area contributed by atoms with Crippen molar-refractivity contribution in [1.29, 1.82) is 0 Å². The zero-order valence-electron chi connectivity index (χ0n) is 8.46. The third kappa shape index (κ3) is 3.89. The number of methoxy groups -OCH3 is 1. The number of rotatable bonds is 3. The van der Waals surface area contributed by atoms with Crippen LogP contribution in [0.2, 0.25) is 0 Å². The van der Waals surface area contributed by atoms with E-state index in [4.69, 9.17) is 10.7 Å². The topological polar surface area (TPSA) is 65.5 Å². The van der Waals surface area contributed by atoms with E-state index in [1.807, 2.05) is 0 Å². The van der Waals surface area contributed by atoms with Crippen LogP contribution in [0.1, 0.15) is 0 Å². The molecular formula is C7H4BrClF3NO4S. The van der Waals surface area contributed by atoms with E-state index in [-0.39, 0.29) is 10.2 Å². The van der Waals surface area contributed by atoms with Crippen LogP contribution in [0, 0.1) is 0 Å². The highest BCUT2D eigenvalue weighted by molar-refractivity contribution is 9.10. The van der Waals surface area contributed by atoms with Crippen LogP contribution in [0.25, 0.3) is 0 Å². The van der Waals surface area contributed by atoms with Gasteiger partial charge in [-0.1, -0.05) is 0 Å². The van der Waals surface area contributed by atoms with Gasteiger partial charge in [-0.2, -0.15) is 4.98 Å². The Bertz CT molecular complexity index is 563. The van der Waals surface area contributed by atoms with Gasteiger partial charge in [0.1, 0.15) is 0 Å². The number of hydrogen-bond donors (Lipinski definition) is 0. The molecule has 0 N–H and O–H groups in total. The van der Waals surface area contributed by atoms with E-state index in [0.717, 1.165) is 13.2 Å². The number of ether oxygens (including phenoxy) is 2. The summed E-state index contributed by atoms with van der Waals surface area (Å²) >= 11 is 2.82. The second-order valence-corrected chi connectivity index (χ2v) is 6.10. The van der Waals surface area contributed by atoms with Crippen molar-refractivity contribution in [2.24, 2.45) is 0 Å². The van der Waals surface area contributed by atoms with Crippen molar-refractivity contribution < 1.29 is 31.1 Å². The van der Waals surface area contributed by atoms with Gasteiger partial charge in [-0.05, 0) is 15.9 Å². The largest absolute Gasteiger partial charge is 0.574 e. The van der Waals surface area contributed by atoms with Gasteiger partial charge >= 0.3 is 6.36 Å². The van der Waals surface area contributed by atoms with Gasteiger partial charge in [0, 0.05) is 16.7 Å². The Morgan fingerprint density at radius 3 is 2.39 bits per heavy atom. The van der Waals surface area contributed by atoms with Gasteiger partial charge in [0.25, 0.3) is 9.05 Å². The number of hydrogen-bond acceptors (Lipinski definition) is 5. The molecule has 0 atom stereocenters. The molecule has 0 radical (unpaired) electrons. The van der Waals surface area contributed by atoms with Gasteiger partial charge in [0.05, 0.1) is 11.6 Å². The molecule has 0 amide bonds. The van der Waals surface area contributed by atoms with Gasteiger partial charge in [0.15, 0.2) is 5.75 Å². The van der Waals surface area contributed by atoms with Gasteiger partial charge in [-0.25, -0.2) is 8.42 Å². The third-order valence-electron chi connectivity index (χ3n) is 1.53. The molecule has 1 aromatic rings. The number of alkyl halides is 3. The molecule has 0 saturated heterocycles. The van der Waals surface area contributed by atoms with Gasteiger partial charge < -0.3 is 9.47 Å². The summed E-state index contributed by atoms with van der Waals surface area (Å²) in [7, 11) is 1.75. The van der Waals surface area contributed by atoms with Crippen LogP contribution in [0.4, 0.5) is 13.2 Å². The quantitative estimate of drug-likeness (QED) is 0.766. The number of pyridine rings is 1. The van der Waals surface area contributed by atoms with E-state index in [1.54, 1.807) is 0 Å². The maximum absolute atomic E-state index is 12.0. The lowest BCUT2D eigenvalue weighted by Gasteiger charge is -2.12. The summed E-state index contributed by atoms with van der Waals surface area (Å²) in [4.78, 5) is 3.14. The second-order valence-electron chi connectivity index (χ2n) is 2.77.